The minimum Gasteiger partial charge on any atom is -0.508 e. The molecule has 0 saturated heterocycles. The highest BCUT2D eigenvalue weighted by atomic mass is 32.2. The van der Waals surface area contributed by atoms with Gasteiger partial charge in [-0.3, -0.25) is 4.72 Å². The van der Waals surface area contributed by atoms with Crippen LogP contribution in [-0.2, 0) is 21.2 Å². The standard InChI is InChI=1S/C23H21NO11S/c1-36(32,33)24-14-3-2-10(4-16(14)27)23(31)35-20-9-13-15(26)7-12(25)8-19(13)34-22(20)11-5-17(28)21(30)18(29)6-11/h2-8,20,22,24-30H,9H2,1H3/t20-,22+/m1/s1. The molecule has 3 aromatic rings. The molecule has 12 nitrogen and oxygen atoms in total. The molecule has 4 rings (SSSR count). The van der Waals surface area contributed by atoms with Crippen LogP contribution < -0.4 is 9.46 Å². The maximum absolute atomic E-state index is 12.9. The van der Waals surface area contributed by atoms with Gasteiger partial charge in [-0.2, -0.15) is 0 Å². The molecule has 2 atom stereocenters. The molecule has 0 radical (unpaired) electrons. The Hall–Kier alpha value is -4.52. The molecule has 0 spiro atoms. The van der Waals surface area contributed by atoms with E-state index in [0.717, 1.165) is 30.5 Å². The van der Waals surface area contributed by atoms with Crippen molar-refractivity contribution < 1.29 is 53.3 Å². The predicted molar refractivity (Wildman–Crippen MR) is 124 cm³/mol. The van der Waals surface area contributed by atoms with Crippen molar-refractivity contribution in [2.45, 2.75) is 18.6 Å². The number of anilines is 1. The Morgan fingerprint density at radius 1 is 0.944 bits per heavy atom. The summed E-state index contributed by atoms with van der Waals surface area (Å²) in [6.45, 7) is 0. The first-order valence-corrected chi connectivity index (χ1v) is 12.2. The number of phenolic OH excluding ortho intramolecular Hbond substituents is 6. The van der Waals surface area contributed by atoms with Crippen LogP contribution >= 0.6 is 0 Å². The molecule has 13 heteroatoms. The first kappa shape index (κ1) is 24.6. The van der Waals surface area contributed by atoms with Crippen molar-refractivity contribution in [3.8, 4) is 40.2 Å². The number of benzene rings is 3. The van der Waals surface area contributed by atoms with Crippen LogP contribution in [0.25, 0.3) is 0 Å². The van der Waals surface area contributed by atoms with Crippen LogP contribution in [0.1, 0.15) is 27.6 Å². The minimum atomic E-state index is -3.68. The van der Waals surface area contributed by atoms with Crippen LogP contribution in [0.3, 0.4) is 0 Å². The lowest BCUT2D eigenvalue weighted by molar-refractivity contribution is -0.0189. The fourth-order valence-electron chi connectivity index (χ4n) is 3.77. The van der Waals surface area contributed by atoms with E-state index in [4.69, 9.17) is 9.47 Å². The lowest BCUT2D eigenvalue weighted by Crippen LogP contribution is -2.34. The van der Waals surface area contributed by atoms with E-state index in [1.54, 1.807) is 0 Å². The van der Waals surface area contributed by atoms with Crippen LogP contribution in [0.2, 0.25) is 0 Å². The quantitative estimate of drug-likeness (QED) is 0.192. The molecule has 0 bridgehead atoms. The third kappa shape index (κ3) is 4.95. The molecule has 0 unspecified atom stereocenters. The maximum Gasteiger partial charge on any atom is 0.338 e. The molecular formula is C23H21NO11S. The van der Waals surface area contributed by atoms with Gasteiger partial charge in [0.25, 0.3) is 0 Å². The smallest absolute Gasteiger partial charge is 0.338 e. The number of esters is 1. The highest BCUT2D eigenvalue weighted by molar-refractivity contribution is 7.92. The lowest BCUT2D eigenvalue weighted by atomic mass is 9.93. The van der Waals surface area contributed by atoms with Crippen LogP contribution in [0.4, 0.5) is 5.69 Å². The molecule has 1 aliphatic heterocycles. The van der Waals surface area contributed by atoms with E-state index in [1.165, 1.54) is 18.2 Å². The summed E-state index contributed by atoms with van der Waals surface area (Å²) in [7, 11) is -3.68. The normalized spacial score (nSPS) is 17.0. The first-order valence-electron chi connectivity index (χ1n) is 10.3. The van der Waals surface area contributed by atoms with E-state index < -0.39 is 51.2 Å². The molecule has 0 aromatic heterocycles. The number of ether oxygens (including phenoxy) is 2. The second-order valence-corrected chi connectivity index (χ2v) is 9.89. The second kappa shape index (κ2) is 8.92. The average molecular weight is 519 g/mol. The Labute approximate surface area is 204 Å². The number of fused-ring (bicyclic) bond motifs is 1. The summed E-state index contributed by atoms with van der Waals surface area (Å²) in [5.74, 6) is -4.13. The fourth-order valence-corrected chi connectivity index (χ4v) is 4.35. The number of carbonyl (C=O) groups excluding carboxylic acids is 1. The van der Waals surface area contributed by atoms with Crippen molar-refractivity contribution in [3.05, 3.63) is 59.2 Å². The number of aromatic hydroxyl groups is 6. The topological polar surface area (TPSA) is 203 Å². The summed E-state index contributed by atoms with van der Waals surface area (Å²) in [5, 5.41) is 59.8. The van der Waals surface area contributed by atoms with Crippen molar-refractivity contribution in [2.24, 2.45) is 0 Å². The van der Waals surface area contributed by atoms with Gasteiger partial charge >= 0.3 is 5.97 Å². The van der Waals surface area contributed by atoms with Gasteiger partial charge in [-0.25, -0.2) is 13.2 Å². The van der Waals surface area contributed by atoms with E-state index in [9.17, 15) is 43.9 Å². The summed E-state index contributed by atoms with van der Waals surface area (Å²) in [6.07, 6.45) is -1.54. The highest BCUT2D eigenvalue weighted by Gasteiger charge is 2.37. The summed E-state index contributed by atoms with van der Waals surface area (Å²) < 4.78 is 36.3. The van der Waals surface area contributed by atoms with Gasteiger partial charge in [0.1, 0.15) is 29.1 Å². The second-order valence-electron chi connectivity index (χ2n) is 8.14. The third-order valence-corrected chi connectivity index (χ3v) is 5.97. The van der Waals surface area contributed by atoms with Crippen LogP contribution in [-0.4, -0.2) is 57.4 Å². The Balaban J connectivity index is 1.69. The Kier molecular flexibility index (Phi) is 6.10. The van der Waals surface area contributed by atoms with Crippen molar-refractivity contribution in [3.63, 3.8) is 0 Å². The largest absolute Gasteiger partial charge is 0.508 e. The SMILES string of the molecule is CS(=O)(=O)Nc1ccc(C(=O)O[C@@H]2Cc3c(O)cc(O)cc3O[C@H]2c2cc(O)c(O)c(O)c2)cc1O. The number of phenols is 6. The molecule has 7 N–H and O–H groups in total. The van der Waals surface area contributed by atoms with Crippen LogP contribution in [0.15, 0.2) is 42.5 Å². The van der Waals surface area contributed by atoms with E-state index >= 15 is 0 Å². The van der Waals surface area contributed by atoms with Crippen molar-refractivity contribution in [2.75, 3.05) is 11.0 Å². The fraction of sp³-hybridized carbons (Fsp3) is 0.174. The zero-order valence-corrected chi connectivity index (χ0v) is 19.4. The van der Waals surface area contributed by atoms with Gasteiger partial charge in [0, 0.05) is 29.7 Å². The molecule has 1 aliphatic rings. The van der Waals surface area contributed by atoms with Crippen molar-refractivity contribution >= 4 is 21.7 Å². The van der Waals surface area contributed by atoms with E-state index in [-0.39, 0.29) is 46.0 Å². The Morgan fingerprint density at radius 3 is 2.22 bits per heavy atom. The molecule has 0 saturated carbocycles. The number of sulfonamides is 1. The van der Waals surface area contributed by atoms with Gasteiger partial charge in [0.2, 0.25) is 10.0 Å². The van der Waals surface area contributed by atoms with Gasteiger partial charge in [-0.05, 0) is 30.3 Å². The molecular weight excluding hydrogens is 498 g/mol. The number of hydrogen-bond acceptors (Lipinski definition) is 11. The maximum atomic E-state index is 12.9. The highest BCUT2D eigenvalue weighted by Crippen LogP contribution is 2.45. The van der Waals surface area contributed by atoms with Crippen LogP contribution in [0, 0.1) is 0 Å². The number of hydrogen-bond donors (Lipinski definition) is 7. The van der Waals surface area contributed by atoms with Crippen LogP contribution in [0.5, 0.6) is 40.2 Å². The summed E-state index contributed by atoms with van der Waals surface area (Å²) >= 11 is 0. The third-order valence-electron chi connectivity index (χ3n) is 5.37. The Morgan fingerprint density at radius 2 is 1.61 bits per heavy atom. The van der Waals surface area contributed by atoms with E-state index in [2.05, 4.69) is 4.72 Å². The Bertz CT molecular complexity index is 1450. The van der Waals surface area contributed by atoms with E-state index in [1.807, 2.05) is 0 Å². The van der Waals surface area contributed by atoms with Gasteiger partial charge in [0.05, 0.1) is 17.5 Å². The molecule has 36 heavy (non-hydrogen) atoms. The minimum absolute atomic E-state index is 0.0608. The molecule has 0 aliphatic carbocycles. The van der Waals surface area contributed by atoms with Crippen molar-refractivity contribution in [1.82, 2.24) is 0 Å². The molecule has 0 fully saturated rings. The summed E-state index contributed by atoms with van der Waals surface area (Å²) in [4.78, 5) is 12.9. The van der Waals surface area contributed by atoms with Gasteiger partial charge < -0.3 is 40.1 Å². The monoisotopic (exact) mass is 519 g/mol. The molecule has 190 valence electrons. The van der Waals surface area contributed by atoms with Gasteiger partial charge in [0.15, 0.2) is 23.4 Å². The molecule has 0 amide bonds. The number of rotatable bonds is 5. The first-order chi connectivity index (χ1) is 16.8. The lowest BCUT2D eigenvalue weighted by Gasteiger charge is -2.34. The van der Waals surface area contributed by atoms with Crippen molar-refractivity contribution in [1.29, 1.82) is 0 Å². The number of carbonyl (C=O) groups is 1. The van der Waals surface area contributed by atoms with Gasteiger partial charge in [-0.15, -0.1) is 0 Å². The molecule has 3 aromatic carbocycles. The summed E-state index contributed by atoms with van der Waals surface area (Å²) in [5.41, 5.74) is 0.0262. The zero-order valence-electron chi connectivity index (χ0n) is 18.5. The summed E-state index contributed by atoms with van der Waals surface area (Å²) in [6, 6.07) is 7.86. The average Bonchev–Trinajstić information content (AvgIpc) is 2.77. The van der Waals surface area contributed by atoms with Gasteiger partial charge in [-0.1, -0.05) is 0 Å². The zero-order chi connectivity index (χ0) is 26.4. The predicted octanol–water partition coefficient (Wildman–Crippen LogP) is 2.19. The molecule has 1 heterocycles. The number of nitrogens with one attached hydrogen (secondary N) is 1. The van der Waals surface area contributed by atoms with E-state index in [0.29, 0.717) is 0 Å².